The quantitative estimate of drug-likeness (QED) is 0.128. The number of aromatic amines is 1. The SMILES string of the molecule is CC(NC(=O)C(N)CCCCN)C(=O)NC(CCCCN)C(=O)NC(Cc1c[nH]c2ccccc12)C(=O)O. The molecule has 12 nitrogen and oxygen atoms in total. The van der Waals surface area contributed by atoms with Crippen LogP contribution < -0.4 is 33.2 Å². The molecule has 1 aromatic carbocycles. The highest BCUT2D eigenvalue weighted by Crippen LogP contribution is 2.19. The minimum Gasteiger partial charge on any atom is -0.480 e. The van der Waals surface area contributed by atoms with Gasteiger partial charge in [0.05, 0.1) is 6.04 Å². The van der Waals surface area contributed by atoms with Crippen LogP contribution in [-0.4, -0.2) is 71.0 Å². The summed E-state index contributed by atoms with van der Waals surface area (Å²) in [5, 5.41) is 18.4. The van der Waals surface area contributed by atoms with Crippen molar-refractivity contribution in [1.29, 1.82) is 0 Å². The average Bonchev–Trinajstić information content (AvgIpc) is 3.30. The zero-order valence-electron chi connectivity index (χ0n) is 21.9. The molecular weight excluding hydrogens is 490 g/mol. The molecule has 2 rings (SSSR count). The number of aliphatic carboxylic acids is 1. The number of para-hydroxylation sites is 1. The number of fused-ring (bicyclic) bond motifs is 1. The number of amides is 3. The van der Waals surface area contributed by atoms with Crippen LogP contribution in [0.4, 0.5) is 0 Å². The normalized spacial score (nSPS) is 14.3. The molecule has 0 saturated heterocycles. The maximum Gasteiger partial charge on any atom is 0.326 e. The Kier molecular flexibility index (Phi) is 12.7. The lowest BCUT2D eigenvalue weighted by atomic mass is 10.0. The predicted molar refractivity (Wildman–Crippen MR) is 145 cm³/mol. The molecule has 0 spiro atoms. The highest BCUT2D eigenvalue weighted by molar-refractivity contribution is 5.94. The van der Waals surface area contributed by atoms with Gasteiger partial charge in [-0.2, -0.15) is 0 Å². The van der Waals surface area contributed by atoms with Crippen LogP contribution in [0.15, 0.2) is 30.5 Å². The molecule has 0 aliphatic carbocycles. The highest BCUT2D eigenvalue weighted by atomic mass is 16.4. The van der Waals surface area contributed by atoms with Crippen LogP contribution in [0.3, 0.4) is 0 Å². The fourth-order valence-electron chi connectivity index (χ4n) is 4.08. The van der Waals surface area contributed by atoms with Crippen molar-refractivity contribution in [2.24, 2.45) is 17.2 Å². The first-order chi connectivity index (χ1) is 18.2. The summed E-state index contributed by atoms with van der Waals surface area (Å²) >= 11 is 0. The van der Waals surface area contributed by atoms with Crippen molar-refractivity contribution in [3.8, 4) is 0 Å². The minimum atomic E-state index is -1.21. The van der Waals surface area contributed by atoms with Gasteiger partial charge in [0.25, 0.3) is 0 Å². The second kappa shape index (κ2) is 15.7. The Bertz CT molecular complexity index is 1070. The Balaban J connectivity index is 2.04. The van der Waals surface area contributed by atoms with E-state index in [1.165, 1.54) is 6.92 Å². The van der Waals surface area contributed by atoms with E-state index < -0.39 is 47.9 Å². The van der Waals surface area contributed by atoms with Crippen molar-refractivity contribution in [3.63, 3.8) is 0 Å². The Labute approximate surface area is 222 Å². The molecule has 2 aromatic rings. The van der Waals surface area contributed by atoms with E-state index in [9.17, 15) is 24.3 Å². The molecule has 4 unspecified atom stereocenters. The van der Waals surface area contributed by atoms with Gasteiger partial charge in [-0.15, -0.1) is 0 Å². The molecule has 0 aliphatic rings. The number of hydrogen-bond donors (Lipinski definition) is 8. The number of H-pyrrole nitrogens is 1. The third kappa shape index (κ3) is 9.43. The summed E-state index contributed by atoms with van der Waals surface area (Å²) < 4.78 is 0. The van der Waals surface area contributed by atoms with Crippen molar-refractivity contribution in [3.05, 3.63) is 36.0 Å². The molecule has 0 fully saturated rings. The molecule has 0 aliphatic heterocycles. The van der Waals surface area contributed by atoms with Gasteiger partial charge in [0, 0.05) is 23.5 Å². The van der Waals surface area contributed by atoms with Gasteiger partial charge in [-0.25, -0.2) is 4.79 Å². The number of hydrogen-bond acceptors (Lipinski definition) is 7. The van der Waals surface area contributed by atoms with Gasteiger partial charge < -0.3 is 43.2 Å². The van der Waals surface area contributed by atoms with Gasteiger partial charge in [-0.1, -0.05) is 24.6 Å². The topological polar surface area (TPSA) is 218 Å². The van der Waals surface area contributed by atoms with E-state index in [1.807, 2.05) is 24.3 Å². The molecule has 1 aromatic heterocycles. The van der Waals surface area contributed by atoms with E-state index in [0.717, 1.165) is 22.9 Å². The van der Waals surface area contributed by atoms with Gasteiger partial charge in [0.15, 0.2) is 0 Å². The van der Waals surface area contributed by atoms with Crippen molar-refractivity contribution in [1.82, 2.24) is 20.9 Å². The molecule has 0 bridgehead atoms. The highest BCUT2D eigenvalue weighted by Gasteiger charge is 2.29. The standard InChI is InChI=1S/C26H41N7O5/c1-16(31-24(35)19(29)9-4-6-12-27)23(34)32-21(11-5-7-13-28)25(36)33-22(26(37)38)14-17-15-30-20-10-3-2-8-18(17)20/h2-3,8,10,15-16,19,21-22,30H,4-7,9,11-14,27-29H2,1H3,(H,31,35)(H,32,34)(H,33,36)(H,37,38). The smallest absolute Gasteiger partial charge is 0.326 e. The molecule has 0 radical (unpaired) electrons. The number of nitrogens with one attached hydrogen (secondary N) is 4. The lowest BCUT2D eigenvalue weighted by Gasteiger charge is -2.24. The number of benzene rings is 1. The molecular formula is C26H41N7O5. The summed E-state index contributed by atoms with van der Waals surface area (Å²) in [7, 11) is 0. The van der Waals surface area contributed by atoms with Crippen molar-refractivity contribution < 1.29 is 24.3 Å². The van der Waals surface area contributed by atoms with E-state index in [-0.39, 0.29) is 12.8 Å². The van der Waals surface area contributed by atoms with E-state index >= 15 is 0 Å². The molecule has 3 amide bonds. The second-order valence-corrected chi connectivity index (χ2v) is 9.43. The Morgan fingerprint density at radius 3 is 2.16 bits per heavy atom. The van der Waals surface area contributed by atoms with Crippen LogP contribution in [0.5, 0.6) is 0 Å². The Morgan fingerprint density at radius 2 is 1.50 bits per heavy atom. The van der Waals surface area contributed by atoms with Crippen LogP contribution in [0, 0.1) is 0 Å². The number of nitrogens with two attached hydrogens (primary N) is 3. The molecule has 210 valence electrons. The number of carbonyl (C=O) groups excluding carboxylic acids is 3. The second-order valence-electron chi connectivity index (χ2n) is 9.43. The van der Waals surface area contributed by atoms with Crippen molar-refractivity contribution in [2.75, 3.05) is 13.1 Å². The summed E-state index contributed by atoms with van der Waals surface area (Å²) in [6, 6.07) is 3.53. The van der Waals surface area contributed by atoms with Crippen LogP contribution >= 0.6 is 0 Å². The predicted octanol–water partition coefficient (Wildman–Crippen LogP) is -0.145. The fraction of sp³-hybridized carbons (Fsp3) is 0.538. The number of rotatable bonds is 17. The average molecular weight is 532 g/mol. The maximum absolute atomic E-state index is 13.1. The molecule has 0 saturated carbocycles. The Morgan fingerprint density at radius 1 is 0.868 bits per heavy atom. The van der Waals surface area contributed by atoms with Gasteiger partial charge in [0.2, 0.25) is 17.7 Å². The van der Waals surface area contributed by atoms with Crippen molar-refractivity contribution in [2.45, 2.75) is 76.0 Å². The zero-order chi connectivity index (χ0) is 28.1. The Hall–Kier alpha value is -3.48. The lowest BCUT2D eigenvalue weighted by molar-refractivity contribution is -0.142. The minimum absolute atomic E-state index is 0.0586. The third-order valence-corrected chi connectivity index (χ3v) is 6.35. The first-order valence-corrected chi connectivity index (χ1v) is 13.0. The molecule has 4 atom stereocenters. The fourth-order valence-corrected chi connectivity index (χ4v) is 4.08. The monoisotopic (exact) mass is 531 g/mol. The summed E-state index contributed by atoms with van der Waals surface area (Å²) in [5.41, 5.74) is 18.5. The van der Waals surface area contributed by atoms with E-state index in [0.29, 0.717) is 38.8 Å². The molecule has 1 heterocycles. The summed E-state index contributed by atoms with van der Waals surface area (Å²) in [6.07, 6.45) is 5.08. The van der Waals surface area contributed by atoms with E-state index in [4.69, 9.17) is 17.2 Å². The van der Waals surface area contributed by atoms with E-state index in [2.05, 4.69) is 20.9 Å². The van der Waals surface area contributed by atoms with Gasteiger partial charge in [-0.05, 0) is 63.7 Å². The van der Waals surface area contributed by atoms with Crippen LogP contribution in [-0.2, 0) is 25.6 Å². The van der Waals surface area contributed by atoms with E-state index in [1.54, 1.807) is 6.20 Å². The lowest BCUT2D eigenvalue weighted by Crippen LogP contribution is -2.56. The van der Waals surface area contributed by atoms with Gasteiger partial charge in [0.1, 0.15) is 18.1 Å². The summed E-state index contributed by atoms with van der Waals surface area (Å²) in [6.45, 7) is 2.41. The number of carbonyl (C=O) groups is 4. The maximum atomic E-state index is 13.1. The van der Waals surface area contributed by atoms with Gasteiger partial charge in [-0.3, -0.25) is 14.4 Å². The third-order valence-electron chi connectivity index (χ3n) is 6.35. The zero-order valence-corrected chi connectivity index (χ0v) is 21.9. The van der Waals surface area contributed by atoms with Crippen LogP contribution in [0.25, 0.3) is 10.9 Å². The number of carboxylic acids is 1. The largest absolute Gasteiger partial charge is 0.480 e. The van der Waals surface area contributed by atoms with Crippen molar-refractivity contribution >= 4 is 34.6 Å². The molecule has 12 heteroatoms. The van der Waals surface area contributed by atoms with Crippen LogP contribution in [0.2, 0.25) is 0 Å². The number of carboxylic acid groups (broad SMARTS) is 1. The number of unbranched alkanes of at least 4 members (excludes halogenated alkanes) is 2. The first-order valence-electron chi connectivity index (χ1n) is 13.0. The van der Waals surface area contributed by atoms with Crippen LogP contribution in [0.1, 0.15) is 51.0 Å². The molecule has 38 heavy (non-hydrogen) atoms. The van der Waals surface area contributed by atoms with Gasteiger partial charge >= 0.3 is 5.97 Å². The number of aromatic nitrogens is 1. The first kappa shape index (κ1) is 30.7. The summed E-state index contributed by atoms with van der Waals surface area (Å²) in [4.78, 5) is 53.4. The molecule has 11 N–H and O–H groups in total. The summed E-state index contributed by atoms with van der Waals surface area (Å²) in [5.74, 6) is -2.87.